The fourth-order valence-electron chi connectivity index (χ4n) is 2.58. The van der Waals surface area contributed by atoms with E-state index in [1.807, 2.05) is 0 Å². The van der Waals surface area contributed by atoms with Crippen molar-refractivity contribution in [3.63, 3.8) is 0 Å². The molecule has 0 saturated carbocycles. The van der Waals surface area contributed by atoms with Crippen LogP contribution in [0.2, 0.25) is 0 Å². The van der Waals surface area contributed by atoms with Gasteiger partial charge in [0.25, 0.3) is 11.1 Å². The summed E-state index contributed by atoms with van der Waals surface area (Å²) in [6.45, 7) is 0.769. The van der Waals surface area contributed by atoms with Gasteiger partial charge in [-0.05, 0) is 47.7 Å². The van der Waals surface area contributed by atoms with E-state index in [4.69, 9.17) is 0 Å². The number of benzene rings is 2. The number of carbonyl (C=O) groups is 4. The van der Waals surface area contributed by atoms with Gasteiger partial charge in [0.05, 0.1) is 10.6 Å². The van der Waals surface area contributed by atoms with Crippen molar-refractivity contribution in [1.29, 1.82) is 0 Å². The molecule has 30 heavy (non-hydrogen) atoms. The minimum absolute atomic E-state index is 0.119. The Kier molecular flexibility index (Phi) is 6.26. The van der Waals surface area contributed by atoms with E-state index in [-0.39, 0.29) is 16.5 Å². The van der Waals surface area contributed by atoms with Crippen LogP contribution in [0.1, 0.15) is 12.5 Å². The monoisotopic (exact) mass is 431 g/mol. The van der Waals surface area contributed by atoms with Gasteiger partial charge in [-0.2, -0.15) is 0 Å². The summed E-state index contributed by atoms with van der Waals surface area (Å²) in [4.78, 5) is 48.6. The number of amides is 4. The second kappa shape index (κ2) is 8.87. The first kappa shape index (κ1) is 21.2. The van der Waals surface area contributed by atoms with Gasteiger partial charge in [-0.25, -0.2) is 8.78 Å². The van der Waals surface area contributed by atoms with Crippen molar-refractivity contribution < 1.29 is 28.0 Å². The molecule has 0 unspecified atom stereocenters. The third-order valence-corrected chi connectivity index (χ3v) is 4.82. The smallest absolute Gasteiger partial charge is 0.294 e. The number of nitrogens with one attached hydrogen (secondary N) is 2. The fourth-order valence-corrected chi connectivity index (χ4v) is 3.42. The van der Waals surface area contributed by atoms with E-state index < -0.39 is 35.2 Å². The van der Waals surface area contributed by atoms with Gasteiger partial charge in [0.15, 0.2) is 0 Å². The molecular weight excluding hydrogens is 416 g/mol. The van der Waals surface area contributed by atoms with Gasteiger partial charge in [0.2, 0.25) is 11.8 Å². The van der Waals surface area contributed by atoms with Crippen LogP contribution in [0.15, 0.2) is 47.4 Å². The summed E-state index contributed by atoms with van der Waals surface area (Å²) < 4.78 is 26.6. The van der Waals surface area contributed by atoms with Crippen molar-refractivity contribution in [3.05, 3.63) is 64.6 Å². The Morgan fingerprint density at radius 3 is 2.40 bits per heavy atom. The molecule has 0 atom stereocenters. The average Bonchev–Trinajstić information content (AvgIpc) is 2.92. The number of hydrogen-bond donors (Lipinski definition) is 2. The maximum atomic E-state index is 13.6. The summed E-state index contributed by atoms with van der Waals surface area (Å²) in [6.07, 6.45) is 1.49. The Labute approximate surface area is 174 Å². The van der Waals surface area contributed by atoms with Crippen LogP contribution in [0.5, 0.6) is 0 Å². The molecule has 7 nitrogen and oxygen atoms in total. The molecule has 0 spiro atoms. The molecule has 0 aliphatic carbocycles. The molecular formula is C20H15F2N3O4S. The number of rotatable bonds is 5. The standard InChI is InChI=1S/C20H15F2N3O4S/c1-11(26)23-14-5-2-12(3-6-14)8-17-19(28)25(20(29)30-17)10-18(27)24-16-7-4-13(21)9-15(16)22/h2-9H,10H2,1H3,(H,23,26)(H,24,27). The normalized spacial score (nSPS) is 14.9. The van der Waals surface area contributed by atoms with Crippen LogP contribution in [0, 0.1) is 11.6 Å². The van der Waals surface area contributed by atoms with Crippen LogP contribution in [-0.2, 0) is 14.4 Å². The lowest BCUT2D eigenvalue weighted by atomic mass is 10.2. The van der Waals surface area contributed by atoms with E-state index >= 15 is 0 Å². The van der Waals surface area contributed by atoms with Crippen LogP contribution < -0.4 is 10.6 Å². The maximum Gasteiger partial charge on any atom is 0.294 e. The van der Waals surface area contributed by atoms with Gasteiger partial charge < -0.3 is 10.6 Å². The van der Waals surface area contributed by atoms with E-state index in [2.05, 4.69) is 10.6 Å². The molecule has 4 amide bonds. The third-order valence-electron chi connectivity index (χ3n) is 3.91. The Hall–Kier alpha value is -3.53. The first-order valence-corrected chi connectivity index (χ1v) is 9.42. The summed E-state index contributed by atoms with van der Waals surface area (Å²) in [7, 11) is 0. The minimum Gasteiger partial charge on any atom is -0.326 e. The third kappa shape index (κ3) is 5.09. The largest absolute Gasteiger partial charge is 0.326 e. The minimum atomic E-state index is -0.972. The van der Waals surface area contributed by atoms with E-state index in [1.165, 1.54) is 13.0 Å². The van der Waals surface area contributed by atoms with Crippen molar-refractivity contribution in [3.8, 4) is 0 Å². The summed E-state index contributed by atoms with van der Waals surface area (Å²) in [6, 6.07) is 9.21. The molecule has 0 aromatic heterocycles. The molecule has 2 aromatic carbocycles. The zero-order chi connectivity index (χ0) is 21.8. The Morgan fingerprint density at radius 1 is 1.07 bits per heavy atom. The zero-order valence-corrected chi connectivity index (χ0v) is 16.4. The highest BCUT2D eigenvalue weighted by atomic mass is 32.2. The molecule has 1 fully saturated rings. The number of hydrogen-bond acceptors (Lipinski definition) is 5. The lowest BCUT2D eigenvalue weighted by Gasteiger charge is -2.12. The Morgan fingerprint density at radius 2 is 1.77 bits per heavy atom. The molecule has 0 bridgehead atoms. The molecule has 1 saturated heterocycles. The predicted molar refractivity (Wildman–Crippen MR) is 108 cm³/mol. The highest BCUT2D eigenvalue weighted by Gasteiger charge is 2.36. The summed E-state index contributed by atoms with van der Waals surface area (Å²) >= 11 is 0.670. The molecule has 2 aromatic rings. The Bertz CT molecular complexity index is 1070. The van der Waals surface area contributed by atoms with Crippen LogP contribution >= 0.6 is 11.8 Å². The molecule has 1 heterocycles. The van der Waals surface area contributed by atoms with Crippen molar-refractivity contribution >= 4 is 52.2 Å². The first-order valence-electron chi connectivity index (χ1n) is 8.61. The Balaban J connectivity index is 1.67. The summed E-state index contributed by atoms with van der Waals surface area (Å²) in [5, 5.41) is 4.17. The maximum absolute atomic E-state index is 13.6. The number of imide groups is 1. The van der Waals surface area contributed by atoms with Crippen LogP contribution in [0.3, 0.4) is 0 Å². The van der Waals surface area contributed by atoms with Gasteiger partial charge in [0.1, 0.15) is 18.2 Å². The van der Waals surface area contributed by atoms with E-state index in [9.17, 15) is 28.0 Å². The van der Waals surface area contributed by atoms with E-state index in [0.29, 0.717) is 29.1 Å². The van der Waals surface area contributed by atoms with E-state index in [1.54, 1.807) is 24.3 Å². The van der Waals surface area contributed by atoms with Crippen LogP contribution in [0.25, 0.3) is 6.08 Å². The lowest BCUT2D eigenvalue weighted by molar-refractivity contribution is -0.127. The number of thioether (sulfide) groups is 1. The van der Waals surface area contributed by atoms with Gasteiger partial charge >= 0.3 is 0 Å². The first-order chi connectivity index (χ1) is 14.2. The molecule has 3 rings (SSSR count). The summed E-state index contributed by atoms with van der Waals surface area (Å²) in [5.74, 6) is -3.45. The van der Waals surface area contributed by atoms with Crippen molar-refractivity contribution in [2.45, 2.75) is 6.92 Å². The number of anilines is 2. The van der Waals surface area contributed by atoms with Crippen molar-refractivity contribution in [2.75, 3.05) is 17.2 Å². The quantitative estimate of drug-likeness (QED) is 0.706. The van der Waals surface area contributed by atoms with Gasteiger partial charge in [-0.15, -0.1) is 0 Å². The number of nitrogens with zero attached hydrogens (tertiary/aromatic N) is 1. The predicted octanol–water partition coefficient (Wildman–Crippen LogP) is 3.60. The van der Waals surface area contributed by atoms with Crippen molar-refractivity contribution in [1.82, 2.24) is 4.90 Å². The summed E-state index contributed by atoms with van der Waals surface area (Å²) in [5.41, 5.74) is 0.938. The molecule has 154 valence electrons. The topological polar surface area (TPSA) is 95.6 Å². The van der Waals surface area contributed by atoms with Crippen LogP contribution in [-0.4, -0.2) is 34.4 Å². The number of halogens is 2. The molecule has 10 heteroatoms. The highest BCUT2D eigenvalue weighted by Crippen LogP contribution is 2.32. The van der Waals surface area contributed by atoms with Crippen molar-refractivity contribution in [2.24, 2.45) is 0 Å². The number of carbonyl (C=O) groups excluding carboxylic acids is 4. The SMILES string of the molecule is CC(=O)Nc1ccc(C=C2SC(=O)N(CC(=O)Nc3ccc(F)cc3F)C2=O)cc1. The second-order valence-electron chi connectivity index (χ2n) is 6.24. The molecule has 1 aliphatic rings. The lowest BCUT2D eigenvalue weighted by Crippen LogP contribution is -2.36. The highest BCUT2D eigenvalue weighted by molar-refractivity contribution is 8.18. The van der Waals surface area contributed by atoms with Gasteiger partial charge in [0, 0.05) is 18.7 Å². The van der Waals surface area contributed by atoms with Crippen LogP contribution in [0.4, 0.5) is 25.0 Å². The molecule has 1 aliphatic heterocycles. The fraction of sp³-hybridized carbons (Fsp3) is 0.100. The van der Waals surface area contributed by atoms with Gasteiger partial charge in [-0.3, -0.25) is 24.1 Å². The average molecular weight is 431 g/mol. The van der Waals surface area contributed by atoms with E-state index in [0.717, 1.165) is 17.0 Å². The van der Waals surface area contributed by atoms with Gasteiger partial charge in [-0.1, -0.05) is 12.1 Å². The molecule has 2 N–H and O–H groups in total. The zero-order valence-electron chi connectivity index (χ0n) is 15.6. The second-order valence-corrected chi connectivity index (χ2v) is 7.24. The molecule has 0 radical (unpaired) electrons.